The second-order valence-electron chi connectivity index (χ2n) is 3.40. The number of hydrogen-bond acceptors (Lipinski definition) is 7. The van der Waals surface area contributed by atoms with Crippen LogP contribution >= 0.6 is 11.3 Å². The average Bonchev–Trinajstić information content (AvgIpc) is 2.77. The normalized spacial score (nSPS) is 10.3. The molecule has 2 aromatic heterocycles. The lowest BCUT2D eigenvalue weighted by Crippen LogP contribution is -2.08. The number of hydrogen-bond donors (Lipinski definition) is 3. The van der Waals surface area contributed by atoms with E-state index in [1.165, 1.54) is 6.33 Å². The van der Waals surface area contributed by atoms with Crippen molar-refractivity contribution in [1.82, 2.24) is 15.0 Å². The van der Waals surface area contributed by atoms with Gasteiger partial charge in [0.1, 0.15) is 12.0 Å². The van der Waals surface area contributed by atoms with Gasteiger partial charge in [0.05, 0.1) is 13.2 Å². The van der Waals surface area contributed by atoms with Crippen molar-refractivity contribution >= 4 is 22.8 Å². The summed E-state index contributed by atoms with van der Waals surface area (Å²) in [5.74, 6) is 0.842. The van der Waals surface area contributed by atoms with Gasteiger partial charge in [-0.3, -0.25) is 4.79 Å². The van der Waals surface area contributed by atoms with E-state index in [4.69, 9.17) is 10.5 Å². The second-order valence-corrected chi connectivity index (χ2v) is 4.24. The quantitative estimate of drug-likeness (QED) is 0.740. The van der Waals surface area contributed by atoms with Crippen molar-refractivity contribution in [3.63, 3.8) is 0 Å². The van der Waals surface area contributed by atoms with Gasteiger partial charge >= 0.3 is 4.87 Å². The van der Waals surface area contributed by atoms with E-state index in [-0.39, 0.29) is 4.87 Å². The third kappa shape index (κ3) is 2.77. The molecule has 0 bridgehead atoms. The predicted octanol–water partition coefficient (Wildman–Crippen LogP) is 0.819. The molecule has 7 nitrogen and oxygen atoms in total. The van der Waals surface area contributed by atoms with E-state index in [1.807, 2.05) is 6.92 Å². The lowest BCUT2D eigenvalue weighted by Gasteiger charge is -2.10. The monoisotopic (exact) mass is 267 g/mol. The van der Waals surface area contributed by atoms with Crippen LogP contribution in [0, 0.1) is 0 Å². The zero-order valence-electron chi connectivity index (χ0n) is 9.77. The number of aromatic amines is 1. The molecule has 4 N–H and O–H groups in total. The molecular weight excluding hydrogens is 254 g/mol. The van der Waals surface area contributed by atoms with Gasteiger partial charge < -0.3 is 20.8 Å². The highest BCUT2D eigenvalue weighted by molar-refractivity contribution is 7.07. The van der Waals surface area contributed by atoms with E-state index in [0.29, 0.717) is 30.5 Å². The van der Waals surface area contributed by atoms with E-state index in [2.05, 4.69) is 20.3 Å². The molecule has 2 aromatic rings. The van der Waals surface area contributed by atoms with Crippen LogP contribution in [-0.2, 0) is 6.54 Å². The minimum absolute atomic E-state index is 0.0857. The van der Waals surface area contributed by atoms with E-state index < -0.39 is 0 Å². The summed E-state index contributed by atoms with van der Waals surface area (Å²) in [5, 5.41) is 4.77. The summed E-state index contributed by atoms with van der Waals surface area (Å²) in [6, 6.07) is 0. The second kappa shape index (κ2) is 5.50. The SMILES string of the molecule is CCOc1ncnc(NCc2csc(=O)[nH]2)c1N. The van der Waals surface area contributed by atoms with E-state index in [9.17, 15) is 4.79 Å². The lowest BCUT2D eigenvalue weighted by atomic mass is 10.4. The molecule has 2 rings (SSSR count). The Labute approximate surface area is 107 Å². The average molecular weight is 267 g/mol. The summed E-state index contributed by atoms with van der Waals surface area (Å²) >= 11 is 1.12. The highest BCUT2D eigenvalue weighted by Crippen LogP contribution is 2.24. The zero-order valence-corrected chi connectivity index (χ0v) is 10.6. The van der Waals surface area contributed by atoms with E-state index in [0.717, 1.165) is 17.0 Å². The minimum atomic E-state index is -0.0857. The molecule has 0 amide bonds. The van der Waals surface area contributed by atoms with Crippen molar-refractivity contribution in [3.8, 4) is 5.88 Å². The molecule has 2 heterocycles. The first-order valence-electron chi connectivity index (χ1n) is 5.34. The number of nitrogens with two attached hydrogens (primary N) is 1. The molecule has 0 aliphatic carbocycles. The van der Waals surface area contributed by atoms with Crippen molar-refractivity contribution in [2.24, 2.45) is 0 Å². The van der Waals surface area contributed by atoms with Crippen molar-refractivity contribution < 1.29 is 4.74 Å². The summed E-state index contributed by atoms with van der Waals surface area (Å²) < 4.78 is 5.26. The Kier molecular flexibility index (Phi) is 3.78. The Morgan fingerprint density at radius 3 is 3.06 bits per heavy atom. The van der Waals surface area contributed by atoms with Crippen LogP contribution in [0.15, 0.2) is 16.5 Å². The van der Waals surface area contributed by atoms with Crippen LogP contribution < -0.4 is 20.7 Å². The number of rotatable bonds is 5. The molecule has 0 saturated carbocycles. The number of nitrogens with zero attached hydrogens (tertiary/aromatic N) is 2. The highest BCUT2D eigenvalue weighted by Gasteiger charge is 2.08. The molecule has 0 aliphatic rings. The molecule has 0 unspecified atom stereocenters. The maximum absolute atomic E-state index is 11.0. The molecule has 18 heavy (non-hydrogen) atoms. The summed E-state index contributed by atoms with van der Waals surface area (Å²) in [6.07, 6.45) is 1.38. The van der Waals surface area contributed by atoms with Gasteiger partial charge in [0, 0.05) is 11.1 Å². The molecular formula is C10H13N5O2S. The molecule has 0 radical (unpaired) electrons. The Morgan fingerprint density at radius 1 is 1.56 bits per heavy atom. The number of H-pyrrole nitrogens is 1. The number of thiazole rings is 1. The largest absolute Gasteiger partial charge is 0.476 e. The van der Waals surface area contributed by atoms with Crippen molar-refractivity contribution in [1.29, 1.82) is 0 Å². The fourth-order valence-electron chi connectivity index (χ4n) is 1.35. The molecule has 0 aliphatic heterocycles. The maximum Gasteiger partial charge on any atom is 0.304 e. The Bertz CT molecular complexity index is 580. The third-order valence-electron chi connectivity index (χ3n) is 2.15. The van der Waals surface area contributed by atoms with Gasteiger partial charge in [-0.05, 0) is 6.92 Å². The van der Waals surface area contributed by atoms with Gasteiger partial charge in [0.2, 0.25) is 5.88 Å². The first-order chi connectivity index (χ1) is 8.70. The summed E-state index contributed by atoms with van der Waals surface area (Å²) in [6.45, 7) is 2.77. The standard InChI is InChI=1S/C10H13N5O2S/c1-2-17-9-7(11)8(13-5-14-9)12-3-6-4-18-10(16)15-6/h4-5H,2-3,11H2,1H3,(H,15,16)(H,12,13,14). The molecule has 0 aromatic carbocycles. The van der Waals surface area contributed by atoms with Gasteiger partial charge in [-0.15, -0.1) is 0 Å². The Hall–Kier alpha value is -2.09. The van der Waals surface area contributed by atoms with Crippen molar-refractivity contribution in [2.75, 3.05) is 17.7 Å². The predicted molar refractivity (Wildman–Crippen MR) is 69.9 cm³/mol. The third-order valence-corrected chi connectivity index (χ3v) is 2.86. The van der Waals surface area contributed by atoms with Crippen LogP contribution in [0.2, 0.25) is 0 Å². The van der Waals surface area contributed by atoms with Crippen LogP contribution in [0.3, 0.4) is 0 Å². The summed E-state index contributed by atoms with van der Waals surface area (Å²) in [7, 11) is 0. The van der Waals surface area contributed by atoms with E-state index >= 15 is 0 Å². The van der Waals surface area contributed by atoms with Gasteiger partial charge in [0.15, 0.2) is 5.82 Å². The van der Waals surface area contributed by atoms with Crippen LogP contribution in [0.25, 0.3) is 0 Å². The van der Waals surface area contributed by atoms with Crippen LogP contribution in [0.1, 0.15) is 12.6 Å². The Balaban J connectivity index is 2.09. The van der Waals surface area contributed by atoms with Crippen LogP contribution in [0.4, 0.5) is 11.5 Å². The molecule has 8 heteroatoms. The number of ether oxygens (including phenoxy) is 1. The van der Waals surface area contributed by atoms with Crippen LogP contribution in [-0.4, -0.2) is 21.6 Å². The van der Waals surface area contributed by atoms with Gasteiger partial charge in [-0.2, -0.15) is 4.98 Å². The van der Waals surface area contributed by atoms with Crippen molar-refractivity contribution in [3.05, 3.63) is 27.1 Å². The maximum atomic E-state index is 11.0. The molecule has 0 spiro atoms. The molecule has 0 atom stereocenters. The van der Waals surface area contributed by atoms with E-state index in [1.54, 1.807) is 5.38 Å². The Morgan fingerprint density at radius 2 is 2.39 bits per heavy atom. The summed E-state index contributed by atoms with van der Waals surface area (Å²) in [5.41, 5.74) is 6.99. The van der Waals surface area contributed by atoms with Gasteiger partial charge in [-0.25, -0.2) is 4.98 Å². The zero-order chi connectivity index (χ0) is 13.0. The number of nitrogens with one attached hydrogen (secondary N) is 2. The van der Waals surface area contributed by atoms with Crippen molar-refractivity contribution in [2.45, 2.75) is 13.5 Å². The smallest absolute Gasteiger partial charge is 0.304 e. The lowest BCUT2D eigenvalue weighted by molar-refractivity contribution is 0.328. The van der Waals surface area contributed by atoms with Crippen LogP contribution in [0.5, 0.6) is 5.88 Å². The fraction of sp³-hybridized carbons (Fsp3) is 0.300. The minimum Gasteiger partial charge on any atom is -0.476 e. The fourth-order valence-corrected chi connectivity index (χ4v) is 1.93. The first kappa shape index (κ1) is 12.4. The number of nitrogen functional groups attached to an aromatic ring is 1. The highest BCUT2D eigenvalue weighted by atomic mass is 32.1. The summed E-state index contributed by atoms with van der Waals surface area (Å²) in [4.78, 5) is 21.5. The van der Waals surface area contributed by atoms with Gasteiger partial charge in [0.25, 0.3) is 0 Å². The topological polar surface area (TPSA) is 106 Å². The molecule has 0 fully saturated rings. The van der Waals surface area contributed by atoms with Gasteiger partial charge in [-0.1, -0.05) is 11.3 Å². The first-order valence-corrected chi connectivity index (χ1v) is 6.22. The molecule has 96 valence electrons. The number of aromatic nitrogens is 3. The molecule has 0 saturated heterocycles. The number of anilines is 2.